The Hall–Kier alpha value is -1.77. The predicted molar refractivity (Wildman–Crippen MR) is 72.9 cm³/mol. The first-order valence-corrected chi connectivity index (χ1v) is 8.01. The fraction of sp³-hybridized carbons (Fsp3) is 0.583. The average Bonchev–Trinajstić information content (AvgIpc) is 3.28. The van der Waals surface area contributed by atoms with Gasteiger partial charge >= 0.3 is 5.97 Å². The lowest BCUT2D eigenvalue weighted by Gasteiger charge is -2.13. The maximum Gasteiger partial charge on any atom is 0.314 e. The number of hydrogen-bond donors (Lipinski definition) is 1. The lowest BCUT2D eigenvalue weighted by Crippen LogP contribution is -2.21. The molecule has 116 valence electrons. The highest BCUT2D eigenvalue weighted by atomic mass is 32.2. The van der Waals surface area contributed by atoms with Gasteiger partial charge in [-0.2, -0.15) is 0 Å². The number of alkyl halides is 1. The van der Waals surface area contributed by atoms with Crippen molar-refractivity contribution in [2.45, 2.75) is 30.4 Å². The normalized spacial score (nSPS) is 16.3. The summed E-state index contributed by atoms with van der Waals surface area (Å²) in [6, 6.07) is 1.44. The topological polar surface area (TPSA) is 98.2 Å². The molecule has 21 heavy (non-hydrogen) atoms. The minimum absolute atomic E-state index is 0.0848. The summed E-state index contributed by atoms with van der Waals surface area (Å²) in [5.41, 5.74) is 0.225. The molecule has 1 aromatic rings. The van der Waals surface area contributed by atoms with Crippen LogP contribution >= 0.6 is 0 Å². The van der Waals surface area contributed by atoms with Crippen molar-refractivity contribution >= 4 is 21.9 Å². The predicted octanol–water partition coefficient (Wildman–Crippen LogP) is 0.997. The molecule has 0 aromatic carbocycles. The van der Waals surface area contributed by atoms with E-state index in [0.717, 1.165) is 0 Å². The fourth-order valence-electron chi connectivity index (χ4n) is 1.84. The highest BCUT2D eigenvalue weighted by Crippen LogP contribution is 2.29. The number of nitrogens with zero attached hydrogens (tertiary/aromatic N) is 2. The summed E-state index contributed by atoms with van der Waals surface area (Å²) in [6.07, 6.45) is 2.46. The van der Waals surface area contributed by atoms with Crippen LogP contribution in [-0.2, 0) is 19.6 Å². The zero-order valence-corrected chi connectivity index (χ0v) is 12.3. The lowest BCUT2D eigenvalue weighted by molar-refractivity contribution is -0.142. The number of methoxy groups -OCH3 is 1. The molecular weight excluding hydrogens is 301 g/mol. The third-order valence-electron chi connectivity index (χ3n) is 3.11. The Labute approximate surface area is 122 Å². The number of nitrogens with one attached hydrogen (secondary N) is 1. The summed E-state index contributed by atoms with van der Waals surface area (Å²) in [5.74, 6) is -1.62. The Balaban J connectivity index is 2.21. The molecule has 1 aromatic heterocycles. The van der Waals surface area contributed by atoms with E-state index in [1.54, 1.807) is 0 Å². The van der Waals surface area contributed by atoms with E-state index in [2.05, 4.69) is 19.4 Å². The minimum atomic E-state index is -3.49. The SMILES string of the molecule is COC(=O)C(CCF)c1ccnc(NS(=O)(=O)C2CC2)n1. The molecule has 1 aliphatic carbocycles. The van der Waals surface area contributed by atoms with Gasteiger partial charge in [-0.3, -0.25) is 13.9 Å². The van der Waals surface area contributed by atoms with Crippen molar-refractivity contribution in [2.75, 3.05) is 18.5 Å². The highest BCUT2D eigenvalue weighted by molar-refractivity contribution is 7.93. The molecule has 0 amide bonds. The van der Waals surface area contributed by atoms with Crippen LogP contribution in [0.1, 0.15) is 30.9 Å². The Morgan fingerprint density at radius 1 is 1.57 bits per heavy atom. The van der Waals surface area contributed by atoms with Gasteiger partial charge in [-0.25, -0.2) is 18.4 Å². The zero-order valence-electron chi connectivity index (χ0n) is 11.5. The molecule has 0 aliphatic heterocycles. The molecule has 2 rings (SSSR count). The maximum atomic E-state index is 12.5. The van der Waals surface area contributed by atoms with Crippen molar-refractivity contribution in [2.24, 2.45) is 0 Å². The van der Waals surface area contributed by atoms with E-state index in [-0.39, 0.29) is 18.1 Å². The zero-order chi connectivity index (χ0) is 15.5. The molecular formula is C12H16FN3O4S. The van der Waals surface area contributed by atoms with E-state index >= 15 is 0 Å². The van der Waals surface area contributed by atoms with Gasteiger partial charge in [0, 0.05) is 6.20 Å². The van der Waals surface area contributed by atoms with Gasteiger partial charge in [0.2, 0.25) is 16.0 Å². The van der Waals surface area contributed by atoms with Crippen LogP contribution in [0, 0.1) is 0 Å². The average molecular weight is 317 g/mol. The number of ether oxygens (including phenoxy) is 1. The van der Waals surface area contributed by atoms with Gasteiger partial charge in [0.15, 0.2) is 0 Å². The summed E-state index contributed by atoms with van der Waals surface area (Å²) >= 11 is 0. The van der Waals surface area contributed by atoms with Gasteiger partial charge in [0.1, 0.15) is 5.92 Å². The van der Waals surface area contributed by atoms with Crippen LogP contribution in [0.5, 0.6) is 0 Å². The second-order valence-electron chi connectivity index (χ2n) is 4.70. The van der Waals surface area contributed by atoms with Crippen molar-refractivity contribution in [1.82, 2.24) is 9.97 Å². The molecule has 1 heterocycles. The maximum absolute atomic E-state index is 12.5. The Morgan fingerprint density at radius 2 is 2.29 bits per heavy atom. The van der Waals surface area contributed by atoms with Crippen molar-refractivity contribution in [3.05, 3.63) is 18.0 Å². The molecule has 1 N–H and O–H groups in total. The lowest BCUT2D eigenvalue weighted by atomic mass is 10.0. The molecule has 1 fully saturated rings. The monoisotopic (exact) mass is 317 g/mol. The van der Waals surface area contributed by atoms with E-state index in [9.17, 15) is 17.6 Å². The highest BCUT2D eigenvalue weighted by Gasteiger charge is 2.36. The second kappa shape index (κ2) is 6.33. The molecule has 1 saturated carbocycles. The third kappa shape index (κ3) is 3.87. The molecule has 0 bridgehead atoms. The van der Waals surface area contributed by atoms with Crippen molar-refractivity contribution < 1.29 is 22.3 Å². The van der Waals surface area contributed by atoms with Crippen LogP contribution in [0.2, 0.25) is 0 Å². The number of hydrogen-bond acceptors (Lipinski definition) is 6. The van der Waals surface area contributed by atoms with Crippen LogP contribution in [0.15, 0.2) is 12.3 Å². The van der Waals surface area contributed by atoms with Crippen LogP contribution < -0.4 is 4.72 Å². The molecule has 9 heteroatoms. The standard InChI is InChI=1S/C12H16FN3O4S/c1-20-11(17)9(4-6-13)10-5-7-14-12(15-10)16-21(18,19)8-2-3-8/h5,7-9H,2-4,6H2,1H3,(H,14,15,16). The smallest absolute Gasteiger partial charge is 0.314 e. The van der Waals surface area contributed by atoms with Crippen molar-refractivity contribution in [1.29, 1.82) is 0 Å². The van der Waals surface area contributed by atoms with Gasteiger partial charge in [-0.1, -0.05) is 0 Å². The summed E-state index contributed by atoms with van der Waals surface area (Å²) in [4.78, 5) is 19.4. The molecule has 0 saturated heterocycles. The molecule has 0 spiro atoms. The van der Waals surface area contributed by atoms with Crippen LogP contribution in [0.25, 0.3) is 0 Å². The van der Waals surface area contributed by atoms with Crippen LogP contribution in [0.4, 0.5) is 10.3 Å². The van der Waals surface area contributed by atoms with Crippen LogP contribution in [0.3, 0.4) is 0 Å². The van der Waals surface area contributed by atoms with Gasteiger partial charge < -0.3 is 4.74 Å². The molecule has 1 atom stereocenters. The van der Waals surface area contributed by atoms with Gasteiger partial charge in [0.05, 0.1) is 24.7 Å². The summed E-state index contributed by atoms with van der Waals surface area (Å²) in [5, 5.41) is -0.410. The summed E-state index contributed by atoms with van der Waals surface area (Å²) in [6.45, 7) is -0.715. The Morgan fingerprint density at radius 3 is 2.86 bits per heavy atom. The van der Waals surface area contributed by atoms with Gasteiger partial charge in [0.25, 0.3) is 0 Å². The summed E-state index contributed by atoms with van der Waals surface area (Å²) < 4.78 is 43.1. The number of esters is 1. The summed E-state index contributed by atoms with van der Waals surface area (Å²) in [7, 11) is -2.29. The van der Waals surface area contributed by atoms with E-state index in [4.69, 9.17) is 0 Å². The first kappa shape index (κ1) is 15.6. The van der Waals surface area contributed by atoms with E-state index in [1.807, 2.05) is 0 Å². The van der Waals surface area contributed by atoms with E-state index in [1.165, 1.54) is 19.4 Å². The number of halogens is 1. The number of anilines is 1. The number of carbonyl (C=O) groups excluding carboxylic acids is 1. The molecule has 0 radical (unpaired) electrons. The first-order valence-electron chi connectivity index (χ1n) is 6.46. The minimum Gasteiger partial charge on any atom is -0.469 e. The first-order chi connectivity index (χ1) is 9.97. The number of carbonyl (C=O) groups is 1. The molecule has 7 nitrogen and oxygen atoms in total. The Kier molecular flexibility index (Phi) is 4.71. The molecule has 1 aliphatic rings. The van der Waals surface area contributed by atoms with Crippen molar-refractivity contribution in [3.63, 3.8) is 0 Å². The number of rotatable bonds is 7. The second-order valence-corrected chi connectivity index (χ2v) is 6.67. The van der Waals surface area contributed by atoms with E-state index in [0.29, 0.717) is 12.8 Å². The van der Waals surface area contributed by atoms with Crippen LogP contribution in [-0.4, -0.2) is 43.4 Å². The number of aromatic nitrogens is 2. The van der Waals surface area contributed by atoms with Gasteiger partial charge in [-0.05, 0) is 25.3 Å². The van der Waals surface area contributed by atoms with Crippen molar-refractivity contribution in [3.8, 4) is 0 Å². The third-order valence-corrected chi connectivity index (χ3v) is 4.93. The quantitative estimate of drug-likeness (QED) is 0.753. The fourth-order valence-corrected chi connectivity index (χ4v) is 3.12. The van der Waals surface area contributed by atoms with E-state index < -0.39 is 33.8 Å². The molecule has 1 unspecified atom stereocenters. The van der Waals surface area contributed by atoms with Gasteiger partial charge in [-0.15, -0.1) is 0 Å². The largest absolute Gasteiger partial charge is 0.469 e. The Bertz CT molecular complexity index is 619. The number of sulfonamides is 1.